The third-order valence-corrected chi connectivity index (χ3v) is 4.99. The summed E-state index contributed by atoms with van der Waals surface area (Å²) in [5.41, 5.74) is 2.56. The molecule has 2 aromatic rings. The van der Waals surface area contributed by atoms with Crippen LogP contribution in [0.5, 0.6) is 0 Å². The number of rotatable bonds is 4. The lowest BCUT2D eigenvalue weighted by molar-refractivity contribution is 0.112. The van der Waals surface area contributed by atoms with Gasteiger partial charge in [-0.2, -0.15) is 5.10 Å². The molecule has 3 nitrogen and oxygen atoms in total. The van der Waals surface area contributed by atoms with Crippen LogP contribution in [0.15, 0.2) is 28.7 Å². The van der Waals surface area contributed by atoms with E-state index < -0.39 is 0 Å². The van der Waals surface area contributed by atoms with Crippen molar-refractivity contribution in [2.75, 3.05) is 0 Å². The van der Waals surface area contributed by atoms with Gasteiger partial charge in [-0.1, -0.05) is 52.5 Å². The highest BCUT2D eigenvalue weighted by atomic mass is 79.9. The predicted molar refractivity (Wildman–Crippen MR) is 87.1 cm³/mol. The molecule has 1 fully saturated rings. The number of aldehydes is 1. The van der Waals surface area contributed by atoms with Crippen molar-refractivity contribution in [3.05, 3.63) is 50.7 Å². The second-order valence-corrected chi connectivity index (χ2v) is 6.75. The summed E-state index contributed by atoms with van der Waals surface area (Å²) < 4.78 is 2.78. The second kappa shape index (κ2) is 6.32. The van der Waals surface area contributed by atoms with Crippen molar-refractivity contribution in [1.29, 1.82) is 0 Å². The van der Waals surface area contributed by atoms with E-state index in [9.17, 15) is 4.79 Å². The van der Waals surface area contributed by atoms with E-state index in [4.69, 9.17) is 11.6 Å². The molecule has 21 heavy (non-hydrogen) atoms. The van der Waals surface area contributed by atoms with Crippen molar-refractivity contribution in [2.45, 2.75) is 38.1 Å². The molecule has 3 rings (SSSR count). The maximum absolute atomic E-state index is 11.4. The molecule has 0 amide bonds. The Kier molecular flexibility index (Phi) is 4.45. The highest BCUT2D eigenvalue weighted by molar-refractivity contribution is 9.10. The number of aromatic nitrogens is 2. The zero-order valence-corrected chi connectivity index (χ0v) is 13.9. The van der Waals surface area contributed by atoms with Crippen LogP contribution in [0.4, 0.5) is 0 Å². The molecule has 1 aliphatic carbocycles. The summed E-state index contributed by atoms with van der Waals surface area (Å²) >= 11 is 9.77. The Morgan fingerprint density at radius 2 is 1.95 bits per heavy atom. The maximum atomic E-state index is 11.4. The molecule has 1 aromatic carbocycles. The van der Waals surface area contributed by atoms with Gasteiger partial charge in [0.25, 0.3) is 0 Å². The summed E-state index contributed by atoms with van der Waals surface area (Å²) in [7, 11) is 0. The molecule has 1 saturated carbocycles. The lowest BCUT2D eigenvalue weighted by Gasteiger charge is -2.05. The van der Waals surface area contributed by atoms with Crippen LogP contribution >= 0.6 is 27.5 Å². The third-order valence-electron chi connectivity index (χ3n) is 4.06. The van der Waals surface area contributed by atoms with E-state index in [2.05, 4.69) is 21.0 Å². The van der Waals surface area contributed by atoms with Gasteiger partial charge in [-0.3, -0.25) is 4.79 Å². The lowest BCUT2D eigenvalue weighted by atomic mass is 10.0. The number of hydrogen-bond acceptors (Lipinski definition) is 2. The van der Waals surface area contributed by atoms with Gasteiger partial charge in [-0.15, -0.1) is 0 Å². The zero-order valence-electron chi connectivity index (χ0n) is 11.6. The van der Waals surface area contributed by atoms with Crippen molar-refractivity contribution < 1.29 is 4.79 Å². The predicted octanol–water partition coefficient (Wildman–Crippen LogP) is 4.82. The molecule has 0 saturated heterocycles. The van der Waals surface area contributed by atoms with Gasteiger partial charge in [-0.05, 0) is 30.5 Å². The van der Waals surface area contributed by atoms with Gasteiger partial charge in [0, 0.05) is 10.4 Å². The molecule has 110 valence electrons. The average molecular weight is 368 g/mol. The first kappa shape index (κ1) is 14.8. The maximum Gasteiger partial charge on any atom is 0.155 e. The van der Waals surface area contributed by atoms with Gasteiger partial charge in [-0.25, -0.2) is 4.68 Å². The number of hydrogen-bond donors (Lipinski definition) is 0. The number of halogens is 2. The van der Waals surface area contributed by atoms with E-state index in [1.54, 1.807) is 4.68 Å². The van der Waals surface area contributed by atoms with Gasteiger partial charge >= 0.3 is 0 Å². The second-order valence-electron chi connectivity index (χ2n) is 5.47. The largest absolute Gasteiger partial charge is 0.298 e. The van der Waals surface area contributed by atoms with E-state index in [0.717, 1.165) is 34.9 Å². The molecule has 0 radical (unpaired) electrons. The summed E-state index contributed by atoms with van der Waals surface area (Å²) in [5, 5.41) is 5.08. The Morgan fingerprint density at radius 3 is 2.57 bits per heavy atom. The molecule has 1 aliphatic rings. The minimum absolute atomic E-state index is 0.383. The fraction of sp³-hybridized carbons (Fsp3) is 0.375. The Morgan fingerprint density at radius 1 is 1.29 bits per heavy atom. The molecule has 0 N–H and O–H groups in total. The lowest BCUT2D eigenvalue weighted by Crippen LogP contribution is -2.03. The molecular formula is C16H16BrClN2O. The van der Waals surface area contributed by atoms with Crippen LogP contribution in [-0.4, -0.2) is 16.1 Å². The minimum Gasteiger partial charge on any atom is -0.298 e. The quantitative estimate of drug-likeness (QED) is 0.726. The number of nitrogens with zero attached hydrogens (tertiary/aromatic N) is 2. The Labute approximate surface area is 137 Å². The number of carbonyl (C=O) groups is 1. The van der Waals surface area contributed by atoms with E-state index >= 15 is 0 Å². The summed E-state index contributed by atoms with van der Waals surface area (Å²) in [6.07, 6.45) is 5.47. The van der Waals surface area contributed by atoms with Crippen molar-refractivity contribution in [3.8, 4) is 0 Å². The van der Waals surface area contributed by atoms with Crippen molar-refractivity contribution in [1.82, 2.24) is 9.78 Å². The van der Waals surface area contributed by atoms with Gasteiger partial charge in [0.15, 0.2) is 6.29 Å². The van der Waals surface area contributed by atoms with Crippen LogP contribution in [0.1, 0.15) is 53.2 Å². The van der Waals surface area contributed by atoms with Gasteiger partial charge < -0.3 is 0 Å². The number of carbonyl (C=O) groups excluding carboxylic acids is 1. The highest BCUT2D eigenvalue weighted by Gasteiger charge is 2.26. The smallest absolute Gasteiger partial charge is 0.155 e. The topological polar surface area (TPSA) is 34.9 Å². The van der Waals surface area contributed by atoms with Crippen molar-refractivity contribution >= 4 is 33.8 Å². The summed E-state index contributed by atoms with van der Waals surface area (Å²) in [5.74, 6) is 0.383. The summed E-state index contributed by atoms with van der Waals surface area (Å²) in [6.45, 7) is 0.583. The molecule has 0 atom stereocenters. The SMILES string of the molecule is O=Cc1c(C2CCCC2)nn(Cc2ccc(Br)cc2)c1Cl. The minimum atomic E-state index is 0.383. The Bertz CT molecular complexity index is 645. The summed E-state index contributed by atoms with van der Waals surface area (Å²) in [4.78, 5) is 11.4. The van der Waals surface area contributed by atoms with E-state index in [1.165, 1.54) is 12.8 Å². The third kappa shape index (κ3) is 3.06. The first-order chi connectivity index (χ1) is 10.2. The molecule has 1 heterocycles. The fourth-order valence-corrected chi connectivity index (χ4v) is 3.45. The first-order valence-corrected chi connectivity index (χ1v) is 8.32. The molecule has 5 heteroatoms. The van der Waals surface area contributed by atoms with Crippen LogP contribution in [0.2, 0.25) is 5.15 Å². The van der Waals surface area contributed by atoms with Crippen LogP contribution in [0.3, 0.4) is 0 Å². The standard InChI is InChI=1S/C16H16BrClN2O/c17-13-7-5-11(6-8-13)9-20-16(18)14(10-21)15(19-20)12-3-1-2-4-12/h5-8,10,12H,1-4,9H2. The van der Waals surface area contributed by atoms with Gasteiger partial charge in [0.1, 0.15) is 5.15 Å². The van der Waals surface area contributed by atoms with E-state index in [1.807, 2.05) is 24.3 Å². The molecule has 0 unspecified atom stereocenters. The van der Waals surface area contributed by atoms with E-state index in [-0.39, 0.29) is 0 Å². The first-order valence-electron chi connectivity index (χ1n) is 7.15. The fourth-order valence-electron chi connectivity index (χ4n) is 2.95. The molecular weight excluding hydrogens is 352 g/mol. The zero-order chi connectivity index (χ0) is 14.8. The van der Waals surface area contributed by atoms with Crippen LogP contribution in [0.25, 0.3) is 0 Å². The van der Waals surface area contributed by atoms with Crippen LogP contribution in [0, 0.1) is 0 Å². The molecule has 0 aliphatic heterocycles. The summed E-state index contributed by atoms with van der Waals surface area (Å²) in [6, 6.07) is 8.03. The monoisotopic (exact) mass is 366 g/mol. The molecule has 0 bridgehead atoms. The van der Waals surface area contributed by atoms with Crippen LogP contribution in [-0.2, 0) is 6.54 Å². The number of benzene rings is 1. The molecule has 0 spiro atoms. The average Bonchev–Trinajstić information content (AvgIpc) is 3.10. The van der Waals surface area contributed by atoms with Crippen LogP contribution < -0.4 is 0 Å². The van der Waals surface area contributed by atoms with Crippen molar-refractivity contribution in [2.24, 2.45) is 0 Å². The molecule has 1 aromatic heterocycles. The van der Waals surface area contributed by atoms with Gasteiger partial charge in [0.05, 0.1) is 17.8 Å². The highest BCUT2D eigenvalue weighted by Crippen LogP contribution is 2.36. The Balaban J connectivity index is 1.91. The van der Waals surface area contributed by atoms with Crippen molar-refractivity contribution in [3.63, 3.8) is 0 Å². The Hall–Kier alpha value is -1.13. The van der Waals surface area contributed by atoms with E-state index in [0.29, 0.717) is 23.2 Å². The normalized spacial score (nSPS) is 15.5. The van der Waals surface area contributed by atoms with Gasteiger partial charge in [0.2, 0.25) is 0 Å².